The topological polar surface area (TPSA) is 29.3 Å². The summed E-state index contributed by atoms with van der Waals surface area (Å²) in [6.07, 6.45) is 4.20. The molecule has 0 atom stereocenters. The van der Waals surface area contributed by atoms with Gasteiger partial charge in [-0.05, 0) is 45.0 Å². The second-order valence-corrected chi connectivity index (χ2v) is 4.37. The standard InChI is InChI=1S/C14H22N2/c1-4-5-6-9-16(3)11-13-10-12(2)7-8-14(13)15/h4,7-8,10H,1,5-6,9,11,15H2,2-3H3. The minimum absolute atomic E-state index is 0.890. The maximum Gasteiger partial charge on any atom is 0.0359 e. The van der Waals surface area contributed by atoms with E-state index in [1.165, 1.54) is 11.1 Å². The Morgan fingerprint density at radius 3 is 2.88 bits per heavy atom. The van der Waals surface area contributed by atoms with Crippen LogP contribution < -0.4 is 5.73 Å². The summed E-state index contributed by atoms with van der Waals surface area (Å²) >= 11 is 0. The molecular formula is C14H22N2. The Morgan fingerprint density at radius 2 is 2.19 bits per heavy atom. The van der Waals surface area contributed by atoms with Gasteiger partial charge in [0, 0.05) is 12.2 Å². The van der Waals surface area contributed by atoms with Crippen molar-refractivity contribution in [2.75, 3.05) is 19.3 Å². The molecule has 2 nitrogen and oxygen atoms in total. The molecule has 0 saturated carbocycles. The van der Waals surface area contributed by atoms with E-state index in [1.54, 1.807) is 0 Å². The molecule has 1 aromatic rings. The first-order chi connectivity index (χ1) is 7.63. The van der Waals surface area contributed by atoms with E-state index in [0.29, 0.717) is 0 Å². The number of aryl methyl sites for hydroxylation is 1. The van der Waals surface area contributed by atoms with Crippen molar-refractivity contribution in [3.63, 3.8) is 0 Å². The molecule has 88 valence electrons. The zero-order chi connectivity index (χ0) is 12.0. The fourth-order valence-electron chi connectivity index (χ4n) is 1.75. The van der Waals surface area contributed by atoms with Crippen LogP contribution in [0.25, 0.3) is 0 Å². The van der Waals surface area contributed by atoms with Crippen molar-refractivity contribution in [2.24, 2.45) is 0 Å². The molecule has 2 heteroatoms. The summed E-state index contributed by atoms with van der Waals surface area (Å²) in [6, 6.07) is 6.21. The largest absolute Gasteiger partial charge is 0.398 e. The number of benzene rings is 1. The van der Waals surface area contributed by atoms with E-state index in [0.717, 1.165) is 31.6 Å². The van der Waals surface area contributed by atoms with E-state index in [1.807, 2.05) is 12.1 Å². The molecular weight excluding hydrogens is 196 g/mol. The van der Waals surface area contributed by atoms with Gasteiger partial charge in [0.25, 0.3) is 0 Å². The number of allylic oxidation sites excluding steroid dienone is 1. The average Bonchev–Trinajstić information content (AvgIpc) is 2.24. The lowest BCUT2D eigenvalue weighted by atomic mass is 10.1. The lowest BCUT2D eigenvalue weighted by molar-refractivity contribution is 0.323. The van der Waals surface area contributed by atoms with Crippen LogP contribution in [0.15, 0.2) is 30.9 Å². The third-order valence-electron chi connectivity index (χ3n) is 2.69. The molecule has 0 aliphatic rings. The summed E-state index contributed by atoms with van der Waals surface area (Å²) in [5.41, 5.74) is 9.33. The predicted molar refractivity (Wildman–Crippen MR) is 71.4 cm³/mol. The Bertz CT molecular complexity index is 345. The fourth-order valence-corrected chi connectivity index (χ4v) is 1.75. The summed E-state index contributed by atoms with van der Waals surface area (Å²) in [5.74, 6) is 0. The van der Waals surface area contributed by atoms with Crippen LogP contribution in [0.5, 0.6) is 0 Å². The van der Waals surface area contributed by atoms with Crippen LogP contribution in [-0.4, -0.2) is 18.5 Å². The maximum atomic E-state index is 5.95. The maximum absolute atomic E-state index is 5.95. The molecule has 0 aliphatic carbocycles. The van der Waals surface area contributed by atoms with Crippen molar-refractivity contribution in [1.29, 1.82) is 0 Å². The molecule has 0 heterocycles. The van der Waals surface area contributed by atoms with E-state index < -0.39 is 0 Å². The van der Waals surface area contributed by atoms with E-state index >= 15 is 0 Å². The van der Waals surface area contributed by atoms with Gasteiger partial charge in [-0.3, -0.25) is 0 Å². The number of hydrogen-bond donors (Lipinski definition) is 1. The van der Waals surface area contributed by atoms with Crippen molar-refractivity contribution in [3.05, 3.63) is 42.0 Å². The predicted octanol–water partition coefficient (Wildman–Crippen LogP) is 2.98. The molecule has 0 aliphatic heterocycles. The van der Waals surface area contributed by atoms with E-state index in [-0.39, 0.29) is 0 Å². The monoisotopic (exact) mass is 218 g/mol. The molecule has 0 aromatic heterocycles. The molecule has 0 fully saturated rings. The van der Waals surface area contributed by atoms with Gasteiger partial charge < -0.3 is 10.6 Å². The zero-order valence-corrected chi connectivity index (χ0v) is 10.4. The van der Waals surface area contributed by atoms with Crippen LogP contribution in [0, 0.1) is 6.92 Å². The van der Waals surface area contributed by atoms with Gasteiger partial charge >= 0.3 is 0 Å². The quantitative estimate of drug-likeness (QED) is 0.452. The van der Waals surface area contributed by atoms with Crippen molar-refractivity contribution in [3.8, 4) is 0 Å². The van der Waals surface area contributed by atoms with E-state index in [9.17, 15) is 0 Å². The first-order valence-corrected chi connectivity index (χ1v) is 5.78. The number of rotatable bonds is 6. The van der Waals surface area contributed by atoms with Gasteiger partial charge in [0.2, 0.25) is 0 Å². The van der Waals surface area contributed by atoms with Crippen molar-refractivity contribution >= 4 is 5.69 Å². The molecule has 0 amide bonds. The number of nitrogens with zero attached hydrogens (tertiary/aromatic N) is 1. The molecule has 1 aromatic carbocycles. The minimum Gasteiger partial charge on any atom is -0.398 e. The molecule has 0 spiro atoms. The normalized spacial score (nSPS) is 10.7. The van der Waals surface area contributed by atoms with Crippen LogP contribution in [0.4, 0.5) is 5.69 Å². The van der Waals surface area contributed by atoms with E-state index in [4.69, 9.17) is 5.73 Å². The molecule has 0 radical (unpaired) electrons. The highest BCUT2D eigenvalue weighted by atomic mass is 15.1. The Hall–Kier alpha value is -1.28. The highest BCUT2D eigenvalue weighted by Crippen LogP contribution is 2.15. The average molecular weight is 218 g/mol. The van der Waals surface area contributed by atoms with Gasteiger partial charge in [0.05, 0.1) is 0 Å². The van der Waals surface area contributed by atoms with Crippen molar-refractivity contribution in [1.82, 2.24) is 4.90 Å². The first kappa shape index (κ1) is 12.8. The number of nitrogen functional groups attached to an aromatic ring is 1. The summed E-state index contributed by atoms with van der Waals surface area (Å²) in [7, 11) is 2.13. The molecule has 16 heavy (non-hydrogen) atoms. The van der Waals surface area contributed by atoms with Gasteiger partial charge in [-0.25, -0.2) is 0 Å². The van der Waals surface area contributed by atoms with Crippen molar-refractivity contribution < 1.29 is 0 Å². The summed E-state index contributed by atoms with van der Waals surface area (Å²) < 4.78 is 0. The van der Waals surface area contributed by atoms with Gasteiger partial charge in [-0.1, -0.05) is 23.8 Å². The second-order valence-electron chi connectivity index (χ2n) is 4.37. The first-order valence-electron chi connectivity index (χ1n) is 5.78. The van der Waals surface area contributed by atoms with Crippen LogP contribution in [-0.2, 0) is 6.54 Å². The Labute approximate surface area is 98.8 Å². The third kappa shape index (κ3) is 4.07. The number of hydrogen-bond acceptors (Lipinski definition) is 2. The summed E-state index contributed by atoms with van der Waals surface area (Å²) in [4.78, 5) is 2.30. The van der Waals surface area contributed by atoms with Crippen LogP contribution >= 0.6 is 0 Å². The van der Waals surface area contributed by atoms with Crippen molar-refractivity contribution in [2.45, 2.75) is 26.3 Å². The van der Waals surface area contributed by atoms with Gasteiger partial charge in [-0.2, -0.15) is 0 Å². The number of nitrogens with two attached hydrogens (primary N) is 1. The SMILES string of the molecule is C=CCCCN(C)Cc1cc(C)ccc1N. The second kappa shape index (κ2) is 6.33. The van der Waals surface area contributed by atoms with Crippen LogP contribution in [0.2, 0.25) is 0 Å². The highest BCUT2D eigenvalue weighted by Gasteiger charge is 2.03. The molecule has 0 saturated heterocycles. The highest BCUT2D eigenvalue weighted by molar-refractivity contribution is 5.48. The van der Waals surface area contributed by atoms with Crippen LogP contribution in [0.1, 0.15) is 24.0 Å². The summed E-state index contributed by atoms with van der Waals surface area (Å²) in [5, 5.41) is 0. The fraction of sp³-hybridized carbons (Fsp3) is 0.429. The van der Waals surface area contributed by atoms with Gasteiger partial charge in [-0.15, -0.1) is 6.58 Å². The molecule has 0 unspecified atom stereocenters. The van der Waals surface area contributed by atoms with Crippen LogP contribution in [0.3, 0.4) is 0 Å². The minimum atomic E-state index is 0.890. The molecule has 0 bridgehead atoms. The number of anilines is 1. The smallest absolute Gasteiger partial charge is 0.0359 e. The Morgan fingerprint density at radius 1 is 1.44 bits per heavy atom. The Balaban J connectivity index is 2.51. The number of unbranched alkanes of at least 4 members (excludes halogenated alkanes) is 1. The lowest BCUT2D eigenvalue weighted by Crippen LogP contribution is -2.19. The lowest BCUT2D eigenvalue weighted by Gasteiger charge is -2.17. The van der Waals surface area contributed by atoms with E-state index in [2.05, 4.69) is 37.6 Å². The third-order valence-corrected chi connectivity index (χ3v) is 2.69. The van der Waals surface area contributed by atoms with Gasteiger partial charge in [0.1, 0.15) is 0 Å². The van der Waals surface area contributed by atoms with Gasteiger partial charge in [0.15, 0.2) is 0 Å². The summed E-state index contributed by atoms with van der Waals surface area (Å²) in [6.45, 7) is 7.83. The Kier molecular flexibility index (Phi) is 5.06. The zero-order valence-electron chi connectivity index (χ0n) is 10.4. The molecule has 1 rings (SSSR count). The molecule has 2 N–H and O–H groups in total.